The molecule has 0 saturated heterocycles. The van der Waals surface area contributed by atoms with E-state index in [-0.39, 0.29) is 0 Å². The summed E-state index contributed by atoms with van der Waals surface area (Å²) in [7, 11) is 1.97. The lowest BCUT2D eigenvalue weighted by molar-refractivity contribution is 0.376. The van der Waals surface area contributed by atoms with Crippen molar-refractivity contribution in [2.45, 2.75) is 13.0 Å². The van der Waals surface area contributed by atoms with Crippen LogP contribution >= 0.6 is 0 Å². The van der Waals surface area contributed by atoms with Gasteiger partial charge in [0, 0.05) is 38.6 Å². The van der Waals surface area contributed by atoms with Crippen molar-refractivity contribution >= 4 is 0 Å². The van der Waals surface area contributed by atoms with Crippen molar-refractivity contribution in [1.82, 2.24) is 30.0 Å². The van der Waals surface area contributed by atoms with E-state index in [2.05, 4.69) is 25.4 Å². The number of imidazole rings is 1. The van der Waals surface area contributed by atoms with Crippen molar-refractivity contribution in [2.24, 2.45) is 7.05 Å². The van der Waals surface area contributed by atoms with Crippen LogP contribution in [0.3, 0.4) is 0 Å². The molecule has 3 heterocycles. The first kappa shape index (κ1) is 13.4. The Bertz CT molecular complexity index is 690. The summed E-state index contributed by atoms with van der Waals surface area (Å²) in [5.41, 5.74) is 0.716. The fourth-order valence-corrected chi connectivity index (χ4v) is 1.92. The van der Waals surface area contributed by atoms with E-state index >= 15 is 0 Å². The third-order valence-corrected chi connectivity index (χ3v) is 3.08. The number of hydrogen-bond acceptors (Lipinski definition) is 6. The second kappa shape index (κ2) is 6.27. The molecule has 0 atom stereocenters. The molecule has 108 valence electrons. The molecule has 3 aromatic rings. The maximum atomic E-state index is 5.22. The highest BCUT2D eigenvalue weighted by atomic mass is 16.5. The Balaban J connectivity index is 1.50. The first-order chi connectivity index (χ1) is 10.3. The Hall–Kier alpha value is -2.54. The Morgan fingerprint density at radius 1 is 1.24 bits per heavy atom. The molecular formula is C14H16N6O. The summed E-state index contributed by atoms with van der Waals surface area (Å²) in [6.45, 7) is 1.46. The SMILES string of the molecule is Cn1ccnc1CNCCc1nc(-c2ccccn2)no1. The highest BCUT2D eigenvalue weighted by Crippen LogP contribution is 2.11. The lowest BCUT2D eigenvalue weighted by Crippen LogP contribution is -2.19. The van der Waals surface area contributed by atoms with E-state index in [1.807, 2.05) is 36.0 Å². The fraction of sp³-hybridized carbons (Fsp3) is 0.286. The highest BCUT2D eigenvalue weighted by Gasteiger charge is 2.08. The Labute approximate surface area is 122 Å². The molecule has 0 unspecified atom stereocenters. The van der Waals surface area contributed by atoms with Crippen LogP contribution in [0.2, 0.25) is 0 Å². The van der Waals surface area contributed by atoms with Crippen LogP contribution in [0.25, 0.3) is 11.5 Å². The van der Waals surface area contributed by atoms with Crippen LogP contribution < -0.4 is 5.32 Å². The van der Waals surface area contributed by atoms with Gasteiger partial charge in [-0.3, -0.25) is 4.98 Å². The molecule has 21 heavy (non-hydrogen) atoms. The molecular weight excluding hydrogens is 268 g/mol. The van der Waals surface area contributed by atoms with E-state index in [1.54, 1.807) is 12.4 Å². The van der Waals surface area contributed by atoms with Crippen LogP contribution in [0, 0.1) is 0 Å². The van der Waals surface area contributed by atoms with E-state index in [1.165, 1.54) is 0 Å². The van der Waals surface area contributed by atoms with E-state index in [0.717, 1.165) is 12.4 Å². The van der Waals surface area contributed by atoms with Crippen LogP contribution in [0.1, 0.15) is 11.7 Å². The fourth-order valence-electron chi connectivity index (χ4n) is 1.92. The summed E-state index contributed by atoms with van der Waals surface area (Å²) in [5, 5.41) is 7.24. The van der Waals surface area contributed by atoms with Gasteiger partial charge in [0.15, 0.2) is 0 Å². The molecule has 0 bridgehead atoms. The molecule has 0 fully saturated rings. The van der Waals surface area contributed by atoms with Crippen molar-refractivity contribution in [3.05, 3.63) is 48.5 Å². The second-order valence-corrected chi connectivity index (χ2v) is 4.61. The number of rotatable bonds is 6. The zero-order valence-electron chi connectivity index (χ0n) is 11.7. The van der Waals surface area contributed by atoms with Crippen LogP contribution in [0.4, 0.5) is 0 Å². The molecule has 3 rings (SSSR count). The molecule has 1 N–H and O–H groups in total. The number of hydrogen-bond donors (Lipinski definition) is 1. The minimum atomic E-state index is 0.523. The molecule has 7 nitrogen and oxygen atoms in total. The van der Waals surface area contributed by atoms with Gasteiger partial charge in [0.05, 0.1) is 6.54 Å². The Kier molecular flexibility index (Phi) is 4.02. The molecule has 0 aromatic carbocycles. The third-order valence-electron chi connectivity index (χ3n) is 3.08. The van der Waals surface area contributed by atoms with Crippen molar-refractivity contribution < 1.29 is 4.52 Å². The minimum Gasteiger partial charge on any atom is -0.339 e. The predicted octanol–water partition coefficient (Wildman–Crippen LogP) is 1.20. The molecule has 0 spiro atoms. The molecule has 3 aromatic heterocycles. The van der Waals surface area contributed by atoms with Gasteiger partial charge in [-0.15, -0.1) is 0 Å². The quantitative estimate of drug-likeness (QED) is 0.685. The number of nitrogens with one attached hydrogen (secondary N) is 1. The minimum absolute atomic E-state index is 0.523. The summed E-state index contributed by atoms with van der Waals surface area (Å²) in [6.07, 6.45) is 6.09. The summed E-state index contributed by atoms with van der Waals surface area (Å²) >= 11 is 0. The highest BCUT2D eigenvalue weighted by molar-refractivity contribution is 5.46. The topological polar surface area (TPSA) is 81.7 Å². The number of aromatic nitrogens is 5. The first-order valence-corrected chi connectivity index (χ1v) is 6.74. The molecule has 7 heteroatoms. The Morgan fingerprint density at radius 2 is 2.19 bits per heavy atom. The van der Waals surface area contributed by atoms with Gasteiger partial charge >= 0.3 is 0 Å². The number of aryl methyl sites for hydroxylation is 1. The van der Waals surface area contributed by atoms with Gasteiger partial charge < -0.3 is 14.4 Å². The lowest BCUT2D eigenvalue weighted by Gasteiger charge is -2.02. The lowest BCUT2D eigenvalue weighted by atomic mass is 10.3. The average molecular weight is 284 g/mol. The van der Waals surface area contributed by atoms with Crippen molar-refractivity contribution in [2.75, 3.05) is 6.54 Å². The van der Waals surface area contributed by atoms with Crippen LogP contribution in [-0.2, 0) is 20.0 Å². The number of nitrogens with zero attached hydrogens (tertiary/aromatic N) is 5. The predicted molar refractivity (Wildman–Crippen MR) is 76.1 cm³/mol. The zero-order valence-corrected chi connectivity index (χ0v) is 11.7. The van der Waals surface area contributed by atoms with Crippen LogP contribution in [0.15, 0.2) is 41.3 Å². The van der Waals surface area contributed by atoms with Gasteiger partial charge in [-0.2, -0.15) is 4.98 Å². The van der Waals surface area contributed by atoms with Gasteiger partial charge in [0.1, 0.15) is 11.5 Å². The van der Waals surface area contributed by atoms with E-state index in [0.29, 0.717) is 30.4 Å². The number of pyridine rings is 1. The molecule has 0 radical (unpaired) electrons. The van der Waals surface area contributed by atoms with Gasteiger partial charge in [0.2, 0.25) is 11.7 Å². The first-order valence-electron chi connectivity index (χ1n) is 6.74. The molecule has 0 aliphatic carbocycles. The van der Waals surface area contributed by atoms with E-state index < -0.39 is 0 Å². The van der Waals surface area contributed by atoms with Gasteiger partial charge in [-0.05, 0) is 12.1 Å². The normalized spacial score (nSPS) is 10.9. The van der Waals surface area contributed by atoms with E-state index in [9.17, 15) is 0 Å². The summed E-state index contributed by atoms with van der Waals surface area (Å²) in [5.74, 6) is 2.12. The zero-order chi connectivity index (χ0) is 14.5. The largest absolute Gasteiger partial charge is 0.339 e. The summed E-state index contributed by atoms with van der Waals surface area (Å²) in [4.78, 5) is 12.8. The van der Waals surface area contributed by atoms with Gasteiger partial charge in [-0.1, -0.05) is 11.2 Å². The Morgan fingerprint density at radius 3 is 2.95 bits per heavy atom. The summed E-state index contributed by atoms with van der Waals surface area (Å²) < 4.78 is 7.20. The monoisotopic (exact) mass is 284 g/mol. The third kappa shape index (κ3) is 3.32. The van der Waals surface area contributed by atoms with Gasteiger partial charge in [-0.25, -0.2) is 4.98 Å². The summed E-state index contributed by atoms with van der Waals surface area (Å²) in [6, 6.07) is 5.60. The van der Waals surface area contributed by atoms with E-state index in [4.69, 9.17) is 4.52 Å². The second-order valence-electron chi connectivity index (χ2n) is 4.61. The smallest absolute Gasteiger partial charge is 0.228 e. The molecule has 0 amide bonds. The maximum Gasteiger partial charge on any atom is 0.228 e. The standard InChI is InChI=1S/C14H16N6O/c1-20-9-8-17-12(20)10-15-7-5-13-18-14(19-21-13)11-4-2-3-6-16-11/h2-4,6,8-9,15H,5,7,10H2,1H3. The van der Waals surface area contributed by atoms with Crippen molar-refractivity contribution in [3.8, 4) is 11.5 Å². The molecule has 0 aliphatic rings. The average Bonchev–Trinajstić information content (AvgIpc) is 3.14. The van der Waals surface area contributed by atoms with Crippen molar-refractivity contribution in [3.63, 3.8) is 0 Å². The van der Waals surface area contributed by atoms with Crippen molar-refractivity contribution in [1.29, 1.82) is 0 Å². The van der Waals surface area contributed by atoms with Crippen LogP contribution in [0.5, 0.6) is 0 Å². The maximum absolute atomic E-state index is 5.22. The van der Waals surface area contributed by atoms with Gasteiger partial charge in [0.25, 0.3) is 0 Å². The molecule has 0 saturated carbocycles. The van der Waals surface area contributed by atoms with Crippen LogP contribution in [-0.4, -0.2) is 31.2 Å². The molecule has 0 aliphatic heterocycles.